The predicted octanol–water partition coefficient (Wildman–Crippen LogP) is 3.19. The average Bonchev–Trinajstić information content (AvgIpc) is 3.04. The first-order chi connectivity index (χ1) is 13.2. The summed E-state index contributed by atoms with van der Waals surface area (Å²) in [5.74, 6) is 2.14. The molecule has 0 aliphatic carbocycles. The van der Waals surface area contributed by atoms with Crippen LogP contribution in [0, 0.1) is 0 Å². The molecule has 1 aromatic heterocycles. The minimum Gasteiger partial charge on any atom is -0.497 e. The zero-order valence-corrected chi connectivity index (χ0v) is 15.8. The Labute approximate surface area is 159 Å². The van der Waals surface area contributed by atoms with Gasteiger partial charge >= 0.3 is 0 Å². The summed E-state index contributed by atoms with van der Waals surface area (Å²) in [7, 11) is 1.59. The van der Waals surface area contributed by atoms with E-state index in [0.717, 1.165) is 29.8 Å². The number of imidazole rings is 1. The van der Waals surface area contributed by atoms with Gasteiger partial charge in [0.2, 0.25) is 0 Å². The molecule has 1 heterocycles. The second-order valence-electron chi connectivity index (χ2n) is 6.24. The van der Waals surface area contributed by atoms with Gasteiger partial charge in [-0.2, -0.15) is 0 Å². The van der Waals surface area contributed by atoms with Crippen molar-refractivity contribution in [2.45, 2.75) is 26.3 Å². The molecule has 6 heteroatoms. The number of fused-ring (bicyclic) bond motifs is 1. The normalized spacial score (nSPS) is 10.7. The highest BCUT2D eigenvalue weighted by Crippen LogP contribution is 2.19. The minimum absolute atomic E-state index is 0.0292. The summed E-state index contributed by atoms with van der Waals surface area (Å²) in [6.07, 6.45) is 1.72. The topological polar surface area (TPSA) is 65.4 Å². The number of ether oxygens (including phenoxy) is 2. The minimum atomic E-state index is -0.157. The number of nitrogens with one attached hydrogen (secondary N) is 1. The highest BCUT2D eigenvalue weighted by Gasteiger charge is 2.10. The van der Waals surface area contributed by atoms with Crippen molar-refractivity contribution in [1.82, 2.24) is 14.9 Å². The van der Waals surface area contributed by atoms with Gasteiger partial charge in [-0.1, -0.05) is 25.1 Å². The molecule has 0 spiro atoms. The highest BCUT2D eigenvalue weighted by molar-refractivity contribution is 5.77. The smallest absolute Gasteiger partial charge is 0.257 e. The molecule has 0 bridgehead atoms. The van der Waals surface area contributed by atoms with E-state index in [2.05, 4.69) is 22.9 Å². The fourth-order valence-corrected chi connectivity index (χ4v) is 2.99. The lowest BCUT2D eigenvalue weighted by molar-refractivity contribution is -0.123. The number of aromatic nitrogens is 2. The Morgan fingerprint density at radius 2 is 1.96 bits per heavy atom. The van der Waals surface area contributed by atoms with Crippen molar-refractivity contribution in [3.63, 3.8) is 0 Å². The van der Waals surface area contributed by atoms with Gasteiger partial charge in [0.15, 0.2) is 6.61 Å². The number of methoxy groups -OCH3 is 1. The quantitative estimate of drug-likeness (QED) is 0.631. The molecule has 0 aliphatic rings. The number of benzene rings is 2. The van der Waals surface area contributed by atoms with Crippen LogP contribution in [-0.4, -0.2) is 35.7 Å². The Hall–Kier alpha value is -3.02. The lowest BCUT2D eigenvalue weighted by Crippen LogP contribution is -2.31. The van der Waals surface area contributed by atoms with E-state index in [1.165, 1.54) is 0 Å². The maximum atomic E-state index is 12.0. The highest BCUT2D eigenvalue weighted by atomic mass is 16.5. The van der Waals surface area contributed by atoms with Gasteiger partial charge in [-0.25, -0.2) is 4.98 Å². The SMILES string of the molecule is CCCn1c(CCNC(=O)COc2cccc(OC)c2)nc2ccccc21. The van der Waals surface area contributed by atoms with E-state index in [0.29, 0.717) is 24.5 Å². The molecule has 142 valence electrons. The Kier molecular flexibility index (Phi) is 6.30. The average molecular weight is 367 g/mol. The zero-order chi connectivity index (χ0) is 19.1. The molecule has 0 fully saturated rings. The number of carbonyl (C=O) groups is 1. The molecule has 0 unspecified atom stereocenters. The molecule has 6 nitrogen and oxygen atoms in total. The molecule has 0 saturated heterocycles. The summed E-state index contributed by atoms with van der Waals surface area (Å²) in [5.41, 5.74) is 2.13. The van der Waals surface area contributed by atoms with Crippen LogP contribution in [0.15, 0.2) is 48.5 Å². The van der Waals surface area contributed by atoms with E-state index < -0.39 is 0 Å². The zero-order valence-electron chi connectivity index (χ0n) is 15.8. The van der Waals surface area contributed by atoms with Crippen LogP contribution in [-0.2, 0) is 17.8 Å². The second-order valence-corrected chi connectivity index (χ2v) is 6.24. The third-order valence-electron chi connectivity index (χ3n) is 4.26. The molecule has 27 heavy (non-hydrogen) atoms. The predicted molar refractivity (Wildman–Crippen MR) is 105 cm³/mol. The lowest BCUT2D eigenvalue weighted by Gasteiger charge is -2.10. The van der Waals surface area contributed by atoms with Crippen molar-refractivity contribution in [2.24, 2.45) is 0 Å². The van der Waals surface area contributed by atoms with Gasteiger partial charge in [0.05, 0.1) is 18.1 Å². The van der Waals surface area contributed by atoms with E-state index in [4.69, 9.17) is 14.5 Å². The summed E-state index contributed by atoms with van der Waals surface area (Å²) in [6, 6.07) is 15.3. The summed E-state index contributed by atoms with van der Waals surface area (Å²) in [6.45, 7) is 3.56. The molecule has 2 aromatic carbocycles. The molecule has 1 N–H and O–H groups in total. The van der Waals surface area contributed by atoms with Crippen molar-refractivity contribution in [3.8, 4) is 11.5 Å². The third-order valence-corrected chi connectivity index (χ3v) is 4.26. The molecule has 0 aliphatic heterocycles. The van der Waals surface area contributed by atoms with E-state index in [-0.39, 0.29) is 12.5 Å². The van der Waals surface area contributed by atoms with Crippen LogP contribution in [0.25, 0.3) is 11.0 Å². The van der Waals surface area contributed by atoms with Crippen LogP contribution in [0.5, 0.6) is 11.5 Å². The number of hydrogen-bond acceptors (Lipinski definition) is 4. The van der Waals surface area contributed by atoms with E-state index in [1.807, 2.05) is 30.3 Å². The standard InChI is InChI=1S/C21H25N3O3/c1-3-13-24-19-10-5-4-9-18(19)23-20(24)11-12-22-21(25)15-27-17-8-6-7-16(14-17)26-2/h4-10,14H,3,11-13,15H2,1-2H3,(H,22,25). The Morgan fingerprint density at radius 1 is 1.15 bits per heavy atom. The van der Waals surface area contributed by atoms with Crippen LogP contribution < -0.4 is 14.8 Å². The van der Waals surface area contributed by atoms with E-state index in [9.17, 15) is 4.79 Å². The summed E-state index contributed by atoms with van der Waals surface area (Å²) >= 11 is 0. The fraction of sp³-hybridized carbons (Fsp3) is 0.333. The first kappa shape index (κ1) is 18.8. The Morgan fingerprint density at radius 3 is 2.78 bits per heavy atom. The molecule has 0 radical (unpaired) electrons. The van der Waals surface area contributed by atoms with Crippen LogP contribution in [0.4, 0.5) is 0 Å². The van der Waals surface area contributed by atoms with Gasteiger partial charge in [0.25, 0.3) is 5.91 Å². The van der Waals surface area contributed by atoms with Crippen molar-refractivity contribution in [1.29, 1.82) is 0 Å². The van der Waals surface area contributed by atoms with Crippen LogP contribution in [0.3, 0.4) is 0 Å². The number of rotatable bonds is 9. The van der Waals surface area contributed by atoms with Gasteiger partial charge in [-0.15, -0.1) is 0 Å². The van der Waals surface area contributed by atoms with Crippen molar-refractivity contribution in [2.75, 3.05) is 20.3 Å². The molecular weight excluding hydrogens is 342 g/mol. The summed E-state index contributed by atoms with van der Waals surface area (Å²) in [5, 5.41) is 2.90. The van der Waals surface area contributed by atoms with Crippen molar-refractivity contribution in [3.05, 3.63) is 54.4 Å². The number of hydrogen-bond donors (Lipinski definition) is 1. The molecule has 3 rings (SSSR count). The molecule has 0 atom stereocenters. The van der Waals surface area contributed by atoms with Crippen LogP contribution in [0.1, 0.15) is 19.2 Å². The first-order valence-electron chi connectivity index (χ1n) is 9.19. The van der Waals surface area contributed by atoms with Gasteiger partial charge in [-0.05, 0) is 30.7 Å². The van der Waals surface area contributed by atoms with E-state index >= 15 is 0 Å². The number of carbonyl (C=O) groups excluding carboxylic acids is 1. The molecule has 3 aromatic rings. The largest absolute Gasteiger partial charge is 0.497 e. The number of para-hydroxylation sites is 2. The number of amides is 1. The monoisotopic (exact) mass is 367 g/mol. The van der Waals surface area contributed by atoms with Crippen molar-refractivity contribution >= 4 is 16.9 Å². The second kappa shape index (κ2) is 9.07. The van der Waals surface area contributed by atoms with Gasteiger partial charge < -0.3 is 19.4 Å². The maximum Gasteiger partial charge on any atom is 0.257 e. The molecule has 1 amide bonds. The van der Waals surface area contributed by atoms with Gasteiger partial charge in [0, 0.05) is 25.6 Å². The fourth-order valence-electron chi connectivity index (χ4n) is 2.99. The third kappa shape index (κ3) is 4.78. The number of nitrogens with zero attached hydrogens (tertiary/aromatic N) is 2. The first-order valence-corrected chi connectivity index (χ1v) is 9.19. The molecule has 0 saturated carbocycles. The Balaban J connectivity index is 1.52. The van der Waals surface area contributed by atoms with Gasteiger partial charge in [-0.3, -0.25) is 4.79 Å². The Bertz CT molecular complexity index is 905. The van der Waals surface area contributed by atoms with Crippen LogP contribution in [0.2, 0.25) is 0 Å². The van der Waals surface area contributed by atoms with E-state index in [1.54, 1.807) is 19.2 Å². The lowest BCUT2D eigenvalue weighted by atomic mass is 10.3. The van der Waals surface area contributed by atoms with Gasteiger partial charge in [0.1, 0.15) is 17.3 Å². The number of aryl methyl sites for hydroxylation is 1. The summed E-state index contributed by atoms with van der Waals surface area (Å²) < 4.78 is 12.9. The van der Waals surface area contributed by atoms with Crippen LogP contribution >= 0.6 is 0 Å². The summed E-state index contributed by atoms with van der Waals surface area (Å²) in [4.78, 5) is 16.8. The van der Waals surface area contributed by atoms with Crippen molar-refractivity contribution < 1.29 is 14.3 Å². The molecular formula is C21H25N3O3. The maximum absolute atomic E-state index is 12.0.